The van der Waals surface area contributed by atoms with Crippen molar-refractivity contribution in [1.29, 1.82) is 0 Å². The van der Waals surface area contributed by atoms with Crippen LogP contribution < -0.4 is 4.43 Å². The Hall–Kier alpha value is -0.323. The molecule has 0 amide bonds. The van der Waals surface area contributed by atoms with Gasteiger partial charge in [0.05, 0.1) is 10.6 Å². The molecule has 0 saturated heterocycles. The lowest BCUT2D eigenvalue weighted by molar-refractivity contribution is 0.112. The van der Waals surface area contributed by atoms with Crippen molar-refractivity contribution in [2.45, 2.75) is 19.6 Å². The Balaban J connectivity index is 3.21. The summed E-state index contributed by atoms with van der Waals surface area (Å²) in [7, 11) is -1.75. The average molecular weight is 308 g/mol. The topological polar surface area (TPSA) is 26.3 Å². The second-order valence-electron chi connectivity index (χ2n) is 4.14. The molecule has 0 unspecified atom stereocenters. The number of hydrogen-bond donors (Lipinski definition) is 0. The highest BCUT2D eigenvalue weighted by molar-refractivity contribution is 9.10. The van der Waals surface area contributed by atoms with Crippen LogP contribution in [0.3, 0.4) is 0 Å². The summed E-state index contributed by atoms with van der Waals surface area (Å²) in [6, 6.07) is 3.43. The van der Waals surface area contributed by atoms with Gasteiger partial charge in [-0.25, -0.2) is 0 Å². The zero-order valence-corrected chi connectivity index (χ0v) is 12.1. The van der Waals surface area contributed by atoms with E-state index < -0.39 is 8.32 Å². The van der Waals surface area contributed by atoms with Crippen LogP contribution in [0.15, 0.2) is 16.6 Å². The molecule has 1 aromatic carbocycles. The van der Waals surface area contributed by atoms with Gasteiger partial charge in [0.1, 0.15) is 5.75 Å². The van der Waals surface area contributed by atoms with Crippen molar-refractivity contribution < 1.29 is 9.22 Å². The van der Waals surface area contributed by atoms with Crippen LogP contribution in [0.25, 0.3) is 0 Å². The smallest absolute Gasteiger partial charge is 0.242 e. The van der Waals surface area contributed by atoms with Gasteiger partial charge in [-0.15, -0.1) is 0 Å². The molecule has 0 spiro atoms. The molecule has 5 heteroatoms. The van der Waals surface area contributed by atoms with Crippen LogP contribution in [0, 0.1) is 0 Å². The lowest BCUT2D eigenvalue weighted by atomic mass is 10.2. The first-order valence-corrected chi connectivity index (χ1v) is 9.04. The quantitative estimate of drug-likeness (QED) is 0.620. The highest BCUT2D eigenvalue weighted by Crippen LogP contribution is 2.33. The number of hydrogen-bond acceptors (Lipinski definition) is 2. The standard InChI is InChI=1S/C10H12BrClO2Si/c1-15(2,3)14-10-7(6-13)4-8(11)5-9(10)12/h4-6H,1-3H3. The predicted octanol–water partition coefficient (Wildman–Crippen LogP) is 4.13. The van der Waals surface area contributed by atoms with Crippen LogP contribution in [-0.4, -0.2) is 14.6 Å². The van der Waals surface area contributed by atoms with E-state index in [1.807, 2.05) is 19.6 Å². The van der Waals surface area contributed by atoms with Gasteiger partial charge in [-0.3, -0.25) is 4.79 Å². The summed E-state index contributed by atoms with van der Waals surface area (Å²) in [5, 5.41) is 0.467. The van der Waals surface area contributed by atoms with Gasteiger partial charge >= 0.3 is 0 Å². The van der Waals surface area contributed by atoms with Gasteiger partial charge in [0.25, 0.3) is 0 Å². The van der Waals surface area contributed by atoms with E-state index in [4.69, 9.17) is 16.0 Å². The molecule has 0 heterocycles. The fourth-order valence-corrected chi connectivity index (χ4v) is 2.86. The normalized spacial score (nSPS) is 11.3. The van der Waals surface area contributed by atoms with Gasteiger partial charge in [-0.05, 0) is 31.8 Å². The molecule has 2 nitrogen and oxygen atoms in total. The first kappa shape index (κ1) is 12.7. The molecule has 0 aromatic heterocycles. The van der Waals surface area contributed by atoms with Gasteiger partial charge in [0, 0.05) is 4.47 Å². The lowest BCUT2D eigenvalue weighted by Gasteiger charge is -2.21. The molecule has 0 fully saturated rings. The van der Waals surface area contributed by atoms with Gasteiger partial charge in [-0.1, -0.05) is 27.5 Å². The van der Waals surface area contributed by atoms with Crippen molar-refractivity contribution in [3.63, 3.8) is 0 Å². The van der Waals surface area contributed by atoms with Gasteiger partial charge in [0.2, 0.25) is 8.32 Å². The van der Waals surface area contributed by atoms with E-state index in [9.17, 15) is 4.79 Å². The molecule has 0 bridgehead atoms. The summed E-state index contributed by atoms with van der Waals surface area (Å²) in [6.07, 6.45) is 0.756. The Morgan fingerprint density at radius 1 is 1.40 bits per heavy atom. The van der Waals surface area contributed by atoms with Crippen LogP contribution in [-0.2, 0) is 0 Å². The van der Waals surface area contributed by atoms with Gasteiger partial charge in [0.15, 0.2) is 6.29 Å². The highest BCUT2D eigenvalue weighted by Gasteiger charge is 2.20. The number of aldehydes is 1. The second-order valence-corrected chi connectivity index (χ2v) is 9.89. The number of halogens is 2. The number of carbonyl (C=O) groups is 1. The average Bonchev–Trinajstić information content (AvgIpc) is 2.07. The molecule has 0 aliphatic rings. The van der Waals surface area contributed by atoms with Crippen molar-refractivity contribution in [2.24, 2.45) is 0 Å². The molecule has 1 rings (SSSR count). The van der Waals surface area contributed by atoms with Crippen LogP contribution in [0.2, 0.25) is 24.7 Å². The number of carbonyl (C=O) groups excluding carboxylic acids is 1. The van der Waals surface area contributed by atoms with Gasteiger partial charge in [-0.2, -0.15) is 0 Å². The molecule has 0 saturated carbocycles. The molecule has 0 atom stereocenters. The minimum absolute atomic E-state index is 0.467. The third-order valence-corrected chi connectivity index (χ3v) is 3.13. The van der Waals surface area contributed by atoms with Crippen LogP contribution in [0.4, 0.5) is 0 Å². The second kappa shape index (κ2) is 4.68. The molecule has 0 aliphatic carbocycles. The van der Waals surface area contributed by atoms with Crippen LogP contribution in [0.1, 0.15) is 10.4 Å². The highest BCUT2D eigenvalue weighted by atomic mass is 79.9. The van der Waals surface area contributed by atoms with E-state index in [0.29, 0.717) is 16.3 Å². The summed E-state index contributed by atoms with van der Waals surface area (Å²) < 4.78 is 6.54. The fourth-order valence-electron chi connectivity index (χ4n) is 1.08. The molecular weight excluding hydrogens is 296 g/mol. The third-order valence-electron chi connectivity index (χ3n) is 1.57. The Labute approximate surface area is 104 Å². The Bertz CT molecular complexity index is 388. The van der Waals surface area contributed by atoms with E-state index in [1.54, 1.807) is 12.1 Å². The van der Waals surface area contributed by atoms with Crippen molar-refractivity contribution >= 4 is 42.1 Å². The zero-order chi connectivity index (χ0) is 11.6. The molecule has 1 aromatic rings. The summed E-state index contributed by atoms with van der Waals surface area (Å²) >= 11 is 9.31. The molecule has 15 heavy (non-hydrogen) atoms. The minimum Gasteiger partial charge on any atom is -0.543 e. The maximum atomic E-state index is 10.9. The van der Waals surface area contributed by atoms with Crippen molar-refractivity contribution in [1.82, 2.24) is 0 Å². The summed E-state index contributed by atoms with van der Waals surface area (Å²) in [4.78, 5) is 10.9. The van der Waals surface area contributed by atoms with E-state index >= 15 is 0 Å². The summed E-state index contributed by atoms with van der Waals surface area (Å²) in [5.74, 6) is 0.494. The fraction of sp³-hybridized carbons (Fsp3) is 0.300. The predicted molar refractivity (Wildman–Crippen MR) is 68.5 cm³/mol. The monoisotopic (exact) mass is 306 g/mol. The van der Waals surface area contributed by atoms with Crippen molar-refractivity contribution in [3.05, 3.63) is 27.2 Å². The van der Waals surface area contributed by atoms with E-state index in [0.717, 1.165) is 10.8 Å². The Kier molecular flexibility index (Phi) is 3.97. The maximum Gasteiger partial charge on any atom is 0.242 e. The summed E-state index contributed by atoms with van der Waals surface area (Å²) in [6.45, 7) is 6.12. The van der Waals surface area contributed by atoms with Crippen molar-refractivity contribution in [2.75, 3.05) is 0 Å². The number of rotatable bonds is 3. The SMILES string of the molecule is C[Si](C)(C)Oc1c(Cl)cc(Br)cc1C=O. The van der Waals surface area contributed by atoms with Crippen molar-refractivity contribution in [3.8, 4) is 5.75 Å². The van der Waals surface area contributed by atoms with Gasteiger partial charge < -0.3 is 4.43 Å². The van der Waals surface area contributed by atoms with E-state index in [-0.39, 0.29) is 0 Å². The molecular formula is C10H12BrClO2Si. The van der Waals surface area contributed by atoms with Crippen LogP contribution in [0.5, 0.6) is 5.75 Å². The van der Waals surface area contributed by atoms with E-state index in [1.165, 1.54) is 0 Å². The lowest BCUT2D eigenvalue weighted by Crippen LogP contribution is -2.30. The maximum absolute atomic E-state index is 10.9. The largest absolute Gasteiger partial charge is 0.543 e. The molecule has 82 valence electrons. The third kappa shape index (κ3) is 3.63. The van der Waals surface area contributed by atoms with E-state index in [2.05, 4.69) is 15.9 Å². The van der Waals surface area contributed by atoms with Crippen LogP contribution >= 0.6 is 27.5 Å². The Morgan fingerprint density at radius 3 is 2.47 bits per heavy atom. The minimum atomic E-state index is -1.75. The number of benzene rings is 1. The molecule has 0 radical (unpaired) electrons. The zero-order valence-electron chi connectivity index (χ0n) is 8.80. The summed E-state index contributed by atoms with van der Waals surface area (Å²) in [5.41, 5.74) is 0.483. The molecule has 0 N–H and O–H groups in total. The first-order chi connectivity index (χ1) is 6.83. The Morgan fingerprint density at radius 2 is 2.00 bits per heavy atom. The molecule has 0 aliphatic heterocycles. The first-order valence-electron chi connectivity index (χ1n) is 4.47.